The van der Waals surface area contributed by atoms with Gasteiger partial charge in [-0.05, 0) is 30.0 Å². The SMILES string of the molecule is CCC[C@H](NC(=O)CSc1nc2cccnc2n(C)c1=O)c1cccs1. The standard InChI is InChI=1S/C18H20N4O2S2/c1-3-6-12(14-8-5-10-25-14)20-15(23)11-26-17-18(24)22(2)16-13(21-17)7-4-9-19-16/h4-5,7-10,12H,3,6,11H2,1-2H3,(H,20,23)/t12-/m0/s1. The van der Waals surface area contributed by atoms with E-state index in [0.717, 1.165) is 29.5 Å². The molecule has 0 aliphatic rings. The summed E-state index contributed by atoms with van der Waals surface area (Å²) in [6.07, 6.45) is 3.50. The largest absolute Gasteiger partial charge is 0.348 e. The van der Waals surface area contributed by atoms with Gasteiger partial charge in [0, 0.05) is 18.1 Å². The van der Waals surface area contributed by atoms with Crippen molar-refractivity contribution in [2.24, 2.45) is 7.05 Å². The van der Waals surface area contributed by atoms with Crippen molar-refractivity contribution in [3.05, 3.63) is 51.1 Å². The van der Waals surface area contributed by atoms with Crippen LogP contribution >= 0.6 is 23.1 Å². The van der Waals surface area contributed by atoms with Gasteiger partial charge in [-0.25, -0.2) is 9.97 Å². The number of hydrogen-bond acceptors (Lipinski definition) is 6. The summed E-state index contributed by atoms with van der Waals surface area (Å²) in [6, 6.07) is 7.62. The number of nitrogens with one attached hydrogen (secondary N) is 1. The molecule has 3 rings (SSSR count). The summed E-state index contributed by atoms with van der Waals surface area (Å²) < 4.78 is 1.47. The molecule has 136 valence electrons. The van der Waals surface area contributed by atoms with E-state index < -0.39 is 0 Å². The van der Waals surface area contributed by atoms with Crippen LogP contribution < -0.4 is 10.9 Å². The number of thiophene rings is 1. The van der Waals surface area contributed by atoms with Gasteiger partial charge in [0.05, 0.1) is 11.8 Å². The summed E-state index contributed by atoms with van der Waals surface area (Å²) in [5, 5.41) is 5.38. The van der Waals surface area contributed by atoms with E-state index in [0.29, 0.717) is 16.2 Å². The highest BCUT2D eigenvalue weighted by Gasteiger charge is 2.16. The fourth-order valence-corrected chi connectivity index (χ4v) is 4.25. The lowest BCUT2D eigenvalue weighted by molar-refractivity contribution is -0.119. The molecule has 0 aliphatic carbocycles. The molecule has 0 saturated heterocycles. The van der Waals surface area contributed by atoms with Gasteiger partial charge >= 0.3 is 0 Å². The number of aryl methyl sites for hydroxylation is 1. The highest BCUT2D eigenvalue weighted by atomic mass is 32.2. The molecule has 1 amide bonds. The van der Waals surface area contributed by atoms with Crippen molar-refractivity contribution < 1.29 is 4.79 Å². The van der Waals surface area contributed by atoms with Gasteiger partial charge in [-0.1, -0.05) is 31.2 Å². The molecular formula is C18H20N4O2S2. The van der Waals surface area contributed by atoms with Gasteiger partial charge in [0.2, 0.25) is 5.91 Å². The minimum atomic E-state index is -0.239. The van der Waals surface area contributed by atoms with Crippen molar-refractivity contribution in [2.75, 3.05) is 5.75 Å². The van der Waals surface area contributed by atoms with Crippen molar-refractivity contribution in [2.45, 2.75) is 30.8 Å². The second kappa shape index (κ2) is 8.46. The highest BCUT2D eigenvalue weighted by Crippen LogP contribution is 2.23. The number of carbonyl (C=O) groups excluding carboxylic acids is 1. The molecule has 0 radical (unpaired) electrons. The Balaban J connectivity index is 1.70. The maximum atomic E-state index is 12.4. The molecule has 3 aromatic rings. The summed E-state index contributed by atoms with van der Waals surface area (Å²) in [7, 11) is 1.66. The lowest BCUT2D eigenvalue weighted by Crippen LogP contribution is -2.30. The van der Waals surface area contributed by atoms with Gasteiger partial charge in [-0.2, -0.15) is 0 Å². The van der Waals surface area contributed by atoms with E-state index >= 15 is 0 Å². The van der Waals surface area contributed by atoms with Crippen LogP contribution in [0.2, 0.25) is 0 Å². The fourth-order valence-electron chi connectivity index (χ4n) is 2.66. The van der Waals surface area contributed by atoms with Gasteiger partial charge in [-0.15, -0.1) is 11.3 Å². The molecule has 8 heteroatoms. The van der Waals surface area contributed by atoms with Crippen molar-refractivity contribution >= 4 is 40.2 Å². The Morgan fingerprint density at radius 1 is 1.38 bits per heavy atom. The lowest BCUT2D eigenvalue weighted by atomic mass is 10.1. The summed E-state index contributed by atoms with van der Waals surface area (Å²) in [5.74, 6) is 0.0524. The van der Waals surface area contributed by atoms with Gasteiger partial charge in [0.1, 0.15) is 5.52 Å². The normalized spacial score (nSPS) is 12.2. The Bertz CT molecular complexity index is 953. The van der Waals surface area contributed by atoms with E-state index in [-0.39, 0.29) is 23.3 Å². The van der Waals surface area contributed by atoms with E-state index in [2.05, 4.69) is 22.2 Å². The first kappa shape index (κ1) is 18.6. The number of carbonyl (C=O) groups is 1. The molecule has 0 aliphatic heterocycles. The summed E-state index contributed by atoms with van der Waals surface area (Å²) in [5.41, 5.74) is 0.935. The number of nitrogens with zero attached hydrogens (tertiary/aromatic N) is 3. The summed E-state index contributed by atoms with van der Waals surface area (Å²) >= 11 is 2.80. The minimum Gasteiger partial charge on any atom is -0.348 e. The molecule has 0 aromatic carbocycles. The Labute approximate surface area is 159 Å². The molecule has 0 spiro atoms. The Morgan fingerprint density at radius 2 is 2.23 bits per heavy atom. The van der Waals surface area contributed by atoms with Crippen molar-refractivity contribution in [1.82, 2.24) is 19.9 Å². The van der Waals surface area contributed by atoms with Crippen molar-refractivity contribution in [1.29, 1.82) is 0 Å². The van der Waals surface area contributed by atoms with Gasteiger partial charge in [-0.3, -0.25) is 14.2 Å². The zero-order valence-corrected chi connectivity index (χ0v) is 16.3. The van der Waals surface area contributed by atoms with Crippen molar-refractivity contribution in [3.63, 3.8) is 0 Å². The van der Waals surface area contributed by atoms with E-state index in [1.54, 1.807) is 36.7 Å². The first-order chi connectivity index (χ1) is 12.6. The third kappa shape index (κ3) is 4.13. The van der Waals surface area contributed by atoms with Gasteiger partial charge in [0.15, 0.2) is 10.7 Å². The molecule has 3 aromatic heterocycles. The van der Waals surface area contributed by atoms with Crippen LogP contribution in [-0.2, 0) is 11.8 Å². The monoisotopic (exact) mass is 388 g/mol. The number of fused-ring (bicyclic) bond motifs is 1. The lowest BCUT2D eigenvalue weighted by Gasteiger charge is -2.16. The number of rotatable bonds is 7. The van der Waals surface area contributed by atoms with Crippen molar-refractivity contribution in [3.8, 4) is 0 Å². The molecular weight excluding hydrogens is 368 g/mol. The maximum Gasteiger partial charge on any atom is 0.284 e. The van der Waals surface area contributed by atoms with E-state index in [4.69, 9.17) is 0 Å². The molecule has 1 N–H and O–H groups in total. The second-order valence-corrected chi connectivity index (χ2v) is 7.78. The van der Waals surface area contributed by atoms with Crippen LogP contribution in [-0.4, -0.2) is 26.2 Å². The first-order valence-corrected chi connectivity index (χ1v) is 10.2. The number of thioether (sulfide) groups is 1. The van der Waals surface area contributed by atoms with Crippen LogP contribution in [0, 0.1) is 0 Å². The Kier molecular flexibility index (Phi) is 6.05. The van der Waals surface area contributed by atoms with E-state index in [1.807, 2.05) is 17.5 Å². The van der Waals surface area contributed by atoms with Crippen LogP contribution in [0.25, 0.3) is 11.2 Å². The fraction of sp³-hybridized carbons (Fsp3) is 0.333. The van der Waals surface area contributed by atoms with E-state index in [1.165, 1.54) is 4.57 Å². The topological polar surface area (TPSA) is 76.9 Å². The third-order valence-corrected chi connectivity index (χ3v) is 5.86. The molecule has 0 unspecified atom stereocenters. The smallest absolute Gasteiger partial charge is 0.284 e. The van der Waals surface area contributed by atoms with Crippen LogP contribution in [0.15, 0.2) is 45.7 Å². The van der Waals surface area contributed by atoms with Gasteiger partial charge < -0.3 is 5.32 Å². The zero-order chi connectivity index (χ0) is 18.5. The molecule has 1 atom stereocenters. The third-order valence-electron chi connectivity index (χ3n) is 3.93. The predicted molar refractivity (Wildman–Crippen MR) is 106 cm³/mol. The Morgan fingerprint density at radius 3 is 2.96 bits per heavy atom. The van der Waals surface area contributed by atoms with Crippen LogP contribution in [0.5, 0.6) is 0 Å². The number of pyridine rings is 1. The van der Waals surface area contributed by atoms with E-state index in [9.17, 15) is 9.59 Å². The maximum absolute atomic E-state index is 12.4. The molecule has 6 nitrogen and oxygen atoms in total. The summed E-state index contributed by atoms with van der Waals surface area (Å²) in [4.78, 5) is 34.5. The summed E-state index contributed by atoms with van der Waals surface area (Å²) in [6.45, 7) is 2.10. The molecule has 0 fully saturated rings. The quantitative estimate of drug-likeness (QED) is 0.629. The minimum absolute atomic E-state index is 0.0182. The molecule has 0 saturated carbocycles. The molecule has 0 bridgehead atoms. The van der Waals surface area contributed by atoms with Crippen LogP contribution in [0.1, 0.15) is 30.7 Å². The van der Waals surface area contributed by atoms with Gasteiger partial charge in [0.25, 0.3) is 5.56 Å². The highest BCUT2D eigenvalue weighted by molar-refractivity contribution is 7.99. The zero-order valence-electron chi connectivity index (χ0n) is 14.6. The molecule has 3 heterocycles. The van der Waals surface area contributed by atoms with Crippen LogP contribution in [0.4, 0.5) is 0 Å². The number of aromatic nitrogens is 3. The average molecular weight is 389 g/mol. The Hall–Kier alpha value is -2.19. The molecule has 26 heavy (non-hydrogen) atoms. The average Bonchev–Trinajstić information content (AvgIpc) is 3.18. The number of hydrogen-bond donors (Lipinski definition) is 1. The van der Waals surface area contributed by atoms with Crippen LogP contribution in [0.3, 0.4) is 0 Å². The first-order valence-electron chi connectivity index (χ1n) is 8.37. The predicted octanol–water partition coefficient (Wildman–Crippen LogP) is 3.14. The second-order valence-electron chi connectivity index (χ2n) is 5.84. The number of amides is 1.